The normalized spacial score (nSPS) is 13.2. The van der Waals surface area contributed by atoms with Crippen LogP contribution in [0.25, 0.3) is 0 Å². The highest BCUT2D eigenvalue weighted by Gasteiger charge is 2.34. The van der Waals surface area contributed by atoms with Crippen LogP contribution >= 0.6 is 0 Å². The standard InChI is InChI=1S/C13H14F4O/c1-3-9(4-2)8-18-12-6-5-10(14)7-11(12)13(15,16)17/h3,5-7,9H,1,4,8H2,2H3. The van der Waals surface area contributed by atoms with E-state index in [4.69, 9.17) is 4.74 Å². The smallest absolute Gasteiger partial charge is 0.420 e. The van der Waals surface area contributed by atoms with Crippen molar-refractivity contribution >= 4 is 0 Å². The summed E-state index contributed by atoms with van der Waals surface area (Å²) in [7, 11) is 0. The minimum atomic E-state index is -4.63. The van der Waals surface area contributed by atoms with Crippen molar-refractivity contribution < 1.29 is 22.3 Å². The number of benzene rings is 1. The Morgan fingerprint density at radius 1 is 1.39 bits per heavy atom. The van der Waals surface area contributed by atoms with Crippen molar-refractivity contribution in [3.8, 4) is 5.75 Å². The molecule has 0 bridgehead atoms. The van der Waals surface area contributed by atoms with Crippen LogP contribution in [0.3, 0.4) is 0 Å². The van der Waals surface area contributed by atoms with Crippen LogP contribution < -0.4 is 4.74 Å². The van der Waals surface area contributed by atoms with Crippen molar-refractivity contribution in [2.24, 2.45) is 5.92 Å². The third-order valence-electron chi connectivity index (χ3n) is 2.56. The number of ether oxygens (including phenoxy) is 1. The SMILES string of the molecule is C=CC(CC)COc1ccc(F)cc1C(F)(F)F. The van der Waals surface area contributed by atoms with Crippen molar-refractivity contribution in [2.75, 3.05) is 6.61 Å². The summed E-state index contributed by atoms with van der Waals surface area (Å²) in [6.45, 7) is 5.54. The summed E-state index contributed by atoms with van der Waals surface area (Å²) in [6, 6.07) is 2.37. The number of alkyl halides is 3. The molecule has 0 heterocycles. The van der Waals surface area contributed by atoms with E-state index in [1.165, 1.54) is 0 Å². The number of rotatable bonds is 5. The minimum absolute atomic E-state index is 0.0314. The van der Waals surface area contributed by atoms with Gasteiger partial charge in [-0.15, -0.1) is 6.58 Å². The molecule has 1 unspecified atom stereocenters. The molecule has 5 heteroatoms. The molecule has 0 aliphatic heterocycles. The van der Waals surface area contributed by atoms with Gasteiger partial charge < -0.3 is 4.74 Å². The number of halogens is 4. The lowest BCUT2D eigenvalue weighted by Crippen LogP contribution is -2.13. The van der Waals surface area contributed by atoms with E-state index in [2.05, 4.69) is 6.58 Å². The molecule has 1 aromatic carbocycles. The predicted molar refractivity (Wildman–Crippen MR) is 60.9 cm³/mol. The molecule has 0 aliphatic carbocycles. The van der Waals surface area contributed by atoms with Crippen LogP contribution in [0.15, 0.2) is 30.9 Å². The van der Waals surface area contributed by atoms with Gasteiger partial charge in [-0.05, 0) is 24.6 Å². The lowest BCUT2D eigenvalue weighted by molar-refractivity contribution is -0.139. The molecule has 0 spiro atoms. The fourth-order valence-electron chi connectivity index (χ4n) is 1.40. The third kappa shape index (κ3) is 3.75. The Morgan fingerprint density at radius 2 is 2.06 bits per heavy atom. The summed E-state index contributed by atoms with van der Waals surface area (Å²) in [5.74, 6) is -1.33. The van der Waals surface area contributed by atoms with Gasteiger partial charge in [-0.2, -0.15) is 13.2 Å². The molecule has 0 saturated heterocycles. The topological polar surface area (TPSA) is 9.23 Å². The Balaban J connectivity index is 2.91. The molecule has 0 N–H and O–H groups in total. The van der Waals surface area contributed by atoms with Gasteiger partial charge in [-0.1, -0.05) is 13.0 Å². The predicted octanol–water partition coefficient (Wildman–Crippen LogP) is 4.44. The van der Waals surface area contributed by atoms with Crippen LogP contribution in [-0.2, 0) is 6.18 Å². The highest BCUT2D eigenvalue weighted by Crippen LogP contribution is 2.36. The lowest BCUT2D eigenvalue weighted by Gasteiger charge is -2.16. The van der Waals surface area contributed by atoms with E-state index in [0.717, 1.165) is 12.1 Å². The fraction of sp³-hybridized carbons (Fsp3) is 0.385. The maximum atomic E-state index is 12.8. The van der Waals surface area contributed by atoms with Crippen molar-refractivity contribution in [3.63, 3.8) is 0 Å². The molecule has 0 amide bonds. The molecule has 1 nitrogen and oxygen atoms in total. The summed E-state index contributed by atoms with van der Waals surface area (Å²) < 4.78 is 55.9. The Bertz CT molecular complexity index is 412. The van der Waals surface area contributed by atoms with Gasteiger partial charge in [0.25, 0.3) is 0 Å². The monoisotopic (exact) mass is 262 g/mol. The van der Waals surface area contributed by atoms with Gasteiger partial charge >= 0.3 is 6.18 Å². The summed E-state index contributed by atoms with van der Waals surface area (Å²) in [5.41, 5.74) is -1.10. The average molecular weight is 262 g/mol. The number of hydrogen-bond donors (Lipinski definition) is 0. The van der Waals surface area contributed by atoms with E-state index < -0.39 is 17.6 Å². The van der Waals surface area contributed by atoms with E-state index in [0.29, 0.717) is 12.5 Å². The lowest BCUT2D eigenvalue weighted by atomic mass is 10.1. The van der Waals surface area contributed by atoms with Crippen molar-refractivity contribution in [1.82, 2.24) is 0 Å². The Labute approximate surface area is 103 Å². The van der Waals surface area contributed by atoms with Gasteiger partial charge in [0.1, 0.15) is 17.1 Å². The molecule has 0 fully saturated rings. The van der Waals surface area contributed by atoms with Gasteiger partial charge in [0.2, 0.25) is 0 Å². The molecule has 0 aliphatic rings. The Kier molecular flexibility index (Phi) is 4.76. The van der Waals surface area contributed by atoms with Crippen molar-refractivity contribution in [2.45, 2.75) is 19.5 Å². The summed E-state index contributed by atoms with van der Waals surface area (Å²) in [4.78, 5) is 0. The van der Waals surface area contributed by atoms with Crippen LogP contribution in [-0.4, -0.2) is 6.61 Å². The molecule has 0 aromatic heterocycles. The quantitative estimate of drug-likeness (QED) is 0.563. The second-order valence-corrected chi connectivity index (χ2v) is 3.85. The largest absolute Gasteiger partial charge is 0.492 e. The zero-order chi connectivity index (χ0) is 13.8. The minimum Gasteiger partial charge on any atom is -0.492 e. The van der Waals surface area contributed by atoms with Crippen LogP contribution in [0.2, 0.25) is 0 Å². The first kappa shape index (κ1) is 14.5. The van der Waals surface area contributed by atoms with Crippen molar-refractivity contribution in [1.29, 1.82) is 0 Å². The second kappa shape index (κ2) is 5.89. The first-order chi connectivity index (χ1) is 8.38. The van der Waals surface area contributed by atoms with Crippen LogP contribution in [0, 0.1) is 11.7 Å². The highest BCUT2D eigenvalue weighted by molar-refractivity contribution is 5.36. The van der Waals surface area contributed by atoms with E-state index >= 15 is 0 Å². The first-order valence-corrected chi connectivity index (χ1v) is 5.50. The van der Waals surface area contributed by atoms with E-state index in [9.17, 15) is 17.6 Å². The van der Waals surface area contributed by atoms with Gasteiger partial charge in [0.05, 0.1) is 6.61 Å². The second-order valence-electron chi connectivity index (χ2n) is 3.85. The zero-order valence-electron chi connectivity index (χ0n) is 9.93. The highest BCUT2D eigenvalue weighted by atomic mass is 19.4. The first-order valence-electron chi connectivity index (χ1n) is 5.50. The molecule has 18 heavy (non-hydrogen) atoms. The van der Waals surface area contributed by atoms with Gasteiger partial charge in [-0.3, -0.25) is 0 Å². The summed E-state index contributed by atoms with van der Waals surface area (Å²) in [5, 5.41) is 0. The van der Waals surface area contributed by atoms with Gasteiger partial charge in [0, 0.05) is 5.92 Å². The van der Waals surface area contributed by atoms with Gasteiger partial charge in [0.15, 0.2) is 0 Å². The van der Waals surface area contributed by atoms with Crippen molar-refractivity contribution in [3.05, 3.63) is 42.2 Å². The molecular formula is C13H14F4O. The van der Waals surface area contributed by atoms with Gasteiger partial charge in [-0.25, -0.2) is 4.39 Å². The average Bonchev–Trinajstić information content (AvgIpc) is 2.30. The molecule has 100 valence electrons. The zero-order valence-corrected chi connectivity index (χ0v) is 9.93. The van der Waals surface area contributed by atoms with Crippen LogP contribution in [0.5, 0.6) is 5.75 Å². The molecule has 0 radical (unpaired) electrons. The molecule has 1 rings (SSSR count). The maximum absolute atomic E-state index is 12.8. The third-order valence-corrected chi connectivity index (χ3v) is 2.56. The fourth-order valence-corrected chi connectivity index (χ4v) is 1.40. The Hall–Kier alpha value is -1.52. The summed E-state index contributed by atoms with van der Waals surface area (Å²) >= 11 is 0. The maximum Gasteiger partial charge on any atom is 0.420 e. The van der Waals surface area contributed by atoms with E-state index in [1.807, 2.05) is 6.92 Å². The summed E-state index contributed by atoms with van der Waals surface area (Å²) in [6.07, 6.45) is -2.30. The van der Waals surface area contributed by atoms with E-state index in [-0.39, 0.29) is 18.3 Å². The van der Waals surface area contributed by atoms with Crippen LogP contribution in [0.1, 0.15) is 18.9 Å². The molecular weight excluding hydrogens is 248 g/mol. The van der Waals surface area contributed by atoms with Crippen LogP contribution in [0.4, 0.5) is 17.6 Å². The Morgan fingerprint density at radius 3 is 2.56 bits per heavy atom. The number of hydrogen-bond acceptors (Lipinski definition) is 1. The molecule has 1 atom stereocenters. The molecule has 0 saturated carbocycles. The molecule has 1 aromatic rings. The van der Waals surface area contributed by atoms with E-state index in [1.54, 1.807) is 6.08 Å².